The first-order valence-electron chi connectivity index (χ1n) is 6.37. The van der Waals surface area contributed by atoms with Gasteiger partial charge in [0, 0.05) is 19.9 Å². The highest BCUT2D eigenvalue weighted by Crippen LogP contribution is 2.21. The molecular formula is C13H20N4O4. The molecule has 8 heteroatoms. The van der Waals surface area contributed by atoms with E-state index in [1.807, 2.05) is 0 Å². The Kier molecular flexibility index (Phi) is 6.41. The average molecular weight is 296 g/mol. The first-order valence-corrected chi connectivity index (χ1v) is 6.37. The molecule has 1 unspecified atom stereocenters. The Hall–Kier alpha value is -2.35. The van der Waals surface area contributed by atoms with E-state index in [1.54, 1.807) is 14.0 Å². The number of hydrogen-bond acceptors (Lipinski definition) is 7. The number of rotatable bonds is 7. The highest BCUT2D eigenvalue weighted by atomic mass is 16.5. The Labute approximate surface area is 123 Å². The van der Waals surface area contributed by atoms with Gasteiger partial charge in [-0.2, -0.15) is 0 Å². The van der Waals surface area contributed by atoms with Gasteiger partial charge in [0.25, 0.3) is 0 Å². The Bertz CT molecular complexity index is 507. The molecule has 1 rings (SSSR count). The molecular weight excluding hydrogens is 276 g/mol. The third-order valence-corrected chi connectivity index (χ3v) is 2.75. The fourth-order valence-corrected chi connectivity index (χ4v) is 1.58. The highest BCUT2D eigenvalue weighted by molar-refractivity contribution is 5.98. The number of ether oxygens (including phenoxy) is 2. The van der Waals surface area contributed by atoms with E-state index in [0.717, 1.165) is 0 Å². The Balaban J connectivity index is 2.74. The second-order valence-corrected chi connectivity index (χ2v) is 4.26. The zero-order chi connectivity index (χ0) is 15.8. The summed E-state index contributed by atoms with van der Waals surface area (Å²) in [5.74, 6) is -0.529. The first-order chi connectivity index (χ1) is 10.0. The van der Waals surface area contributed by atoms with Gasteiger partial charge in [0.15, 0.2) is 5.82 Å². The maximum atomic E-state index is 11.8. The molecule has 1 amide bonds. The summed E-state index contributed by atoms with van der Waals surface area (Å²) in [6.45, 7) is 2.50. The predicted molar refractivity (Wildman–Crippen MR) is 78.0 cm³/mol. The zero-order valence-corrected chi connectivity index (χ0v) is 12.3. The van der Waals surface area contributed by atoms with E-state index in [9.17, 15) is 9.59 Å². The number of hydrogen-bond donors (Lipinski definition) is 3. The van der Waals surface area contributed by atoms with Crippen molar-refractivity contribution < 1.29 is 19.1 Å². The molecule has 0 fully saturated rings. The lowest BCUT2D eigenvalue weighted by Crippen LogP contribution is -2.39. The van der Waals surface area contributed by atoms with E-state index in [-0.39, 0.29) is 23.0 Å². The summed E-state index contributed by atoms with van der Waals surface area (Å²) in [5.41, 5.74) is 6.19. The molecule has 0 bridgehead atoms. The maximum Gasteiger partial charge on any atom is 0.340 e. The van der Waals surface area contributed by atoms with E-state index < -0.39 is 12.0 Å². The van der Waals surface area contributed by atoms with Crippen LogP contribution in [-0.4, -0.2) is 50.3 Å². The molecule has 116 valence electrons. The molecule has 0 radical (unpaired) electrons. The number of nitrogens with two attached hydrogens (primary N) is 1. The highest BCUT2D eigenvalue weighted by Gasteiger charge is 2.18. The Morgan fingerprint density at radius 2 is 2.14 bits per heavy atom. The lowest BCUT2D eigenvalue weighted by atomic mass is 10.2. The summed E-state index contributed by atoms with van der Waals surface area (Å²) < 4.78 is 9.47. The molecule has 0 saturated heterocycles. The van der Waals surface area contributed by atoms with Gasteiger partial charge in [0.2, 0.25) is 5.91 Å². The van der Waals surface area contributed by atoms with E-state index >= 15 is 0 Å². The number of esters is 1. The van der Waals surface area contributed by atoms with Crippen LogP contribution in [0.3, 0.4) is 0 Å². The van der Waals surface area contributed by atoms with Gasteiger partial charge in [0.1, 0.15) is 6.04 Å². The van der Waals surface area contributed by atoms with Crippen molar-refractivity contribution in [2.75, 3.05) is 38.4 Å². The number of nitrogens with one attached hydrogen (secondary N) is 2. The molecule has 1 atom stereocenters. The number of carbonyl (C=O) groups is 2. The summed E-state index contributed by atoms with van der Waals surface area (Å²) in [6, 6.07) is 0.889. The Morgan fingerprint density at radius 3 is 2.76 bits per heavy atom. The van der Waals surface area contributed by atoms with Crippen LogP contribution in [0.5, 0.6) is 0 Å². The standard InChI is InChI=1S/C13H20N4O4/c1-8(12(18)16-6-7-20-2)17-11-10(14)9(4-5-15-11)13(19)21-3/h4-5,8H,6-7,14H2,1-3H3,(H,15,17)(H,16,18). The van der Waals surface area contributed by atoms with Crippen LogP contribution >= 0.6 is 0 Å². The number of pyridine rings is 1. The second-order valence-electron chi connectivity index (χ2n) is 4.26. The van der Waals surface area contributed by atoms with Gasteiger partial charge in [-0.1, -0.05) is 0 Å². The molecule has 8 nitrogen and oxygen atoms in total. The predicted octanol–water partition coefficient (Wildman–Crippen LogP) is 0.0134. The normalized spacial score (nSPS) is 11.6. The minimum atomic E-state index is -0.565. The van der Waals surface area contributed by atoms with Crippen molar-refractivity contribution in [2.24, 2.45) is 0 Å². The van der Waals surface area contributed by atoms with Crippen molar-refractivity contribution in [3.8, 4) is 0 Å². The molecule has 0 aliphatic heterocycles. The van der Waals surface area contributed by atoms with Crippen molar-refractivity contribution in [1.82, 2.24) is 10.3 Å². The smallest absolute Gasteiger partial charge is 0.340 e. The van der Waals surface area contributed by atoms with Gasteiger partial charge < -0.3 is 25.8 Å². The minimum Gasteiger partial charge on any atom is -0.465 e. The van der Waals surface area contributed by atoms with E-state index in [1.165, 1.54) is 19.4 Å². The van der Waals surface area contributed by atoms with Crippen LogP contribution in [0.2, 0.25) is 0 Å². The van der Waals surface area contributed by atoms with E-state index in [4.69, 9.17) is 10.5 Å². The summed E-state index contributed by atoms with van der Waals surface area (Å²) in [4.78, 5) is 27.4. The molecule has 0 aliphatic rings. The number of nitrogens with zero attached hydrogens (tertiary/aromatic N) is 1. The average Bonchev–Trinajstić information content (AvgIpc) is 2.48. The van der Waals surface area contributed by atoms with Gasteiger partial charge in [-0.3, -0.25) is 4.79 Å². The lowest BCUT2D eigenvalue weighted by Gasteiger charge is -2.16. The number of aromatic nitrogens is 1. The van der Waals surface area contributed by atoms with E-state index in [0.29, 0.717) is 13.2 Å². The SMILES string of the molecule is COCCNC(=O)C(C)Nc1nccc(C(=O)OC)c1N. The fraction of sp³-hybridized carbons (Fsp3) is 0.462. The Morgan fingerprint density at radius 1 is 1.43 bits per heavy atom. The van der Waals surface area contributed by atoms with Crippen LogP contribution in [0.1, 0.15) is 17.3 Å². The van der Waals surface area contributed by atoms with Crippen LogP contribution in [0.15, 0.2) is 12.3 Å². The third kappa shape index (κ3) is 4.60. The molecule has 1 heterocycles. The van der Waals surface area contributed by atoms with Gasteiger partial charge in [0.05, 0.1) is 25.0 Å². The number of nitrogen functional groups attached to an aromatic ring is 1. The topological polar surface area (TPSA) is 116 Å². The second kappa shape index (κ2) is 8.05. The van der Waals surface area contributed by atoms with Crippen LogP contribution in [0.25, 0.3) is 0 Å². The summed E-state index contributed by atoms with van der Waals surface area (Å²) >= 11 is 0. The van der Waals surface area contributed by atoms with Crippen LogP contribution in [0.4, 0.5) is 11.5 Å². The first kappa shape index (κ1) is 16.7. The zero-order valence-electron chi connectivity index (χ0n) is 12.3. The summed E-state index contributed by atoms with van der Waals surface area (Å²) in [5, 5.41) is 5.54. The largest absolute Gasteiger partial charge is 0.465 e. The summed E-state index contributed by atoms with van der Waals surface area (Å²) in [7, 11) is 2.82. The van der Waals surface area contributed by atoms with Crippen LogP contribution < -0.4 is 16.4 Å². The van der Waals surface area contributed by atoms with Crippen LogP contribution in [0, 0.1) is 0 Å². The summed E-state index contributed by atoms with van der Waals surface area (Å²) in [6.07, 6.45) is 1.42. The molecule has 4 N–H and O–H groups in total. The number of methoxy groups -OCH3 is 2. The molecule has 0 aliphatic carbocycles. The molecule has 0 aromatic carbocycles. The van der Waals surface area contributed by atoms with Crippen molar-refractivity contribution in [3.05, 3.63) is 17.8 Å². The van der Waals surface area contributed by atoms with Crippen molar-refractivity contribution >= 4 is 23.4 Å². The minimum absolute atomic E-state index is 0.140. The van der Waals surface area contributed by atoms with Crippen molar-refractivity contribution in [2.45, 2.75) is 13.0 Å². The third-order valence-electron chi connectivity index (χ3n) is 2.75. The molecule has 21 heavy (non-hydrogen) atoms. The van der Waals surface area contributed by atoms with Gasteiger partial charge >= 0.3 is 5.97 Å². The number of carbonyl (C=O) groups excluding carboxylic acids is 2. The number of amides is 1. The fourth-order valence-electron chi connectivity index (χ4n) is 1.58. The van der Waals surface area contributed by atoms with Crippen molar-refractivity contribution in [3.63, 3.8) is 0 Å². The molecule has 0 spiro atoms. The van der Waals surface area contributed by atoms with Crippen LogP contribution in [-0.2, 0) is 14.3 Å². The van der Waals surface area contributed by atoms with Gasteiger partial charge in [-0.05, 0) is 13.0 Å². The molecule has 1 aromatic rings. The van der Waals surface area contributed by atoms with E-state index in [2.05, 4.69) is 20.4 Å². The molecule has 1 aromatic heterocycles. The number of anilines is 2. The maximum absolute atomic E-state index is 11.8. The van der Waals surface area contributed by atoms with Crippen molar-refractivity contribution in [1.29, 1.82) is 0 Å². The lowest BCUT2D eigenvalue weighted by molar-refractivity contribution is -0.121. The quantitative estimate of drug-likeness (QED) is 0.479. The molecule has 0 saturated carbocycles. The van der Waals surface area contributed by atoms with Gasteiger partial charge in [-0.25, -0.2) is 9.78 Å². The monoisotopic (exact) mass is 296 g/mol. The van der Waals surface area contributed by atoms with Gasteiger partial charge in [-0.15, -0.1) is 0 Å².